The first-order valence-corrected chi connectivity index (χ1v) is 5.87. The summed E-state index contributed by atoms with van der Waals surface area (Å²) in [5, 5.41) is 5.12. The van der Waals surface area contributed by atoms with E-state index in [0.29, 0.717) is 0 Å². The zero-order chi connectivity index (χ0) is 13.5. The van der Waals surface area contributed by atoms with Gasteiger partial charge in [-0.1, -0.05) is 0 Å². The first-order valence-electron chi connectivity index (χ1n) is 5.87. The Morgan fingerprint density at radius 3 is 2.72 bits per heavy atom. The Balaban J connectivity index is 2.28. The minimum Gasteiger partial charge on any atom is -0.469 e. The van der Waals surface area contributed by atoms with Crippen LogP contribution in [-0.4, -0.2) is 24.0 Å². The molecule has 0 saturated heterocycles. The highest BCUT2D eigenvalue weighted by atomic mass is 16.3. The van der Waals surface area contributed by atoms with Crippen LogP contribution in [0.2, 0.25) is 0 Å². The molecule has 0 aromatic carbocycles. The van der Waals surface area contributed by atoms with E-state index in [4.69, 9.17) is 10.2 Å². The number of nitrogens with two attached hydrogens (primary N) is 1. The van der Waals surface area contributed by atoms with Crippen molar-refractivity contribution in [3.8, 4) is 0 Å². The van der Waals surface area contributed by atoms with Crippen molar-refractivity contribution < 1.29 is 14.0 Å². The topological polar surface area (TPSA) is 97.4 Å². The number of imide groups is 1. The molecule has 0 aliphatic rings. The molecule has 0 bridgehead atoms. The normalized spacial score (nSPS) is 13.9. The van der Waals surface area contributed by atoms with Gasteiger partial charge in [0.05, 0.1) is 12.3 Å². The third-order valence-corrected chi connectivity index (χ3v) is 2.58. The summed E-state index contributed by atoms with van der Waals surface area (Å²) in [7, 11) is 0. The number of hydrogen-bond donors (Lipinski definition) is 3. The molecule has 100 valence electrons. The van der Waals surface area contributed by atoms with Gasteiger partial charge in [0, 0.05) is 12.5 Å². The third kappa shape index (κ3) is 5.01. The molecular weight excluding hydrogens is 234 g/mol. The minimum absolute atomic E-state index is 0.128. The highest BCUT2D eigenvalue weighted by Crippen LogP contribution is 2.06. The van der Waals surface area contributed by atoms with E-state index in [1.165, 1.54) is 0 Å². The van der Waals surface area contributed by atoms with E-state index in [9.17, 15) is 9.59 Å². The van der Waals surface area contributed by atoms with Crippen LogP contribution in [0.15, 0.2) is 22.8 Å². The van der Waals surface area contributed by atoms with Crippen molar-refractivity contribution in [2.24, 2.45) is 5.73 Å². The Morgan fingerprint density at radius 1 is 1.44 bits per heavy atom. The number of amides is 3. The van der Waals surface area contributed by atoms with E-state index in [2.05, 4.69) is 5.32 Å². The number of hydrogen-bond acceptors (Lipinski definition) is 4. The predicted molar refractivity (Wildman–Crippen MR) is 66.8 cm³/mol. The Kier molecular flexibility index (Phi) is 5.38. The average Bonchev–Trinajstić information content (AvgIpc) is 2.78. The first kappa shape index (κ1) is 14.2. The van der Waals surface area contributed by atoms with E-state index in [1.807, 2.05) is 24.4 Å². The van der Waals surface area contributed by atoms with Crippen molar-refractivity contribution in [3.05, 3.63) is 24.2 Å². The fourth-order valence-electron chi connectivity index (χ4n) is 1.63. The highest BCUT2D eigenvalue weighted by Gasteiger charge is 2.16. The molecule has 1 heterocycles. The fraction of sp³-hybridized carbons (Fsp3) is 0.500. The Hall–Kier alpha value is -1.82. The van der Waals surface area contributed by atoms with Crippen LogP contribution in [0, 0.1) is 0 Å². The number of carbonyl (C=O) groups excluding carboxylic acids is 2. The molecule has 0 radical (unpaired) electrons. The third-order valence-electron chi connectivity index (χ3n) is 2.58. The number of primary amides is 1. The number of rotatable bonds is 6. The van der Waals surface area contributed by atoms with Gasteiger partial charge in [-0.15, -0.1) is 0 Å². The zero-order valence-electron chi connectivity index (χ0n) is 10.6. The largest absolute Gasteiger partial charge is 0.469 e. The van der Waals surface area contributed by atoms with Gasteiger partial charge in [-0.2, -0.15) is 0 Å². The van der Waals surface area contributed by atoms with E-state index in [-0.39, 0.29) is 6.04 Å². The lowest BCUT2D eigenvalue weighted by molar-refractivity contribution is -0.121. The summed E-state index contributed by atoms with van der Waals surface area (Å²) >= 11 is 0. The summed E-state index contributed by atoms with van der Waals surface area (Å²) in [6.45, 7) is 3.65. The number of furan rings is 1. The summed E-state index contributed by atoms with van der Waals surface area (Å²) in [6.07, 6.45) is 3.27. The van der Waals surface area contributed by atoms with Gasteiger partial charge in [0.15, 0.2) is 0 Å². The fourth-order valence-corrected chi connectivity index (χ4v) is 1.63. The van der Waals surface area contributed by atoms with Crippen molar-refractivity contribution in [3.63, 3.8) is 0 Å². The predicted octanol–water partition coefficient (Wildman–Crippen LogP) is 0.774. The molecule has 1 aromatic heterocycles. The SMILES string of the molecule is CC(CCc1ccco1)NC(C)C(=O)NC(N)=O. The summed E-state index contributed by atoms with van der Waals surface area (Å²) in [5.74, 6) is 0.491. The lowest BCUT2D eigenvalue weighted by Gasteiger charge is -2.18. The minimum atomic E-state index is -0.836. The average molecular weight is 253 g/mol. The van der Waals surface area contributed by atoms with E-state index in [1.54, 1.807) is 13.2 Å². The van der Waals surface area contributed by atoms with Gasteiger partial charge < -0.3 is 15.5 Å². The van der Waals surface area contributed by atoms with Crippen LogP contribution < -0.4 is 16.4 Å². The lowest BCUT2D eigenvalue weighted by atomic mass is 10.1. The molecule has 0 saturated carbocycles. The van der Waals surface area contributed by atoms with Gasteiger partial charge in [-0.3, -0.25) is 10.1 Å². The van der Waals surface area contributed by atoms with Gasteiger partial charge >= 0.3 is 6.03 Å². The summed E-state index contributed by atoms with van der Waals surface area (Å²) in [5.41, 5.74) is 4.87. The van der Waals surface area contributed by atoms with Crippen LogP contribution in [0.1, 0.15) is 26.0 Å². The molecule has 2 atom stereocenters. The molecule has 4 N–H and O–H groups in total. The van der Waals surface area contributed by atoms with Gasteiger partial charge in [-0.05, 0) is 32.4 Å². The van der Waals surface area contributed by atoms with Gasteiger partial charge in [0.25, 0.3) is 0 Å². The van der Waals surface area contributed by atoms with Crippen LogP contribution in [-0.2, 0) is 11.2 Å². The van der Waals surface area contributed by atoms with Crippen LogP contribution in [0.5, 0.6) is 0 Å². The molecule has 0 spiro atoms. The second kappa shape index (κ2) is 6.80. The van der Waals surface area contributed by atoms with E-state index < -0.39 is 18.0 Å². The summed E-state index contributed by atoms with van der Waals surface area (Å²) in [6, 6.07) is 2.58. The number of aryl methyl sites for hydroxylation is 1. The van der Waals surface area contributed by atoms with Gasteiger partial charge in [0.2, 0.25) is 5.91 Å². The van der Waals surface area contributed by atoms with Gasteiger partial charge in [0.1, 0.15) is 5.76 Å². The van der Waals surface area contributed by atoms with Gasteiger partial charge in [-0.25, -0.2) is 4.79 Å². The summed E-state index contributed by atoms with van der Waals surface area (Å²) in [4.78, 5) is 22.0. The van der Waals surface area contributed by atoms with E-state index in [0.717, 1.165) is 18.6 Å². The standard InChI is InChI=1S/C12H19N3O3/c1-8(5-6-10-4-3-7-18-10)14-9(2)11(16)15-12(13)17/h3-4,7-9,14H,5-6H2,1-2H3,(H3,13,15,16,17). The molecule has 18 heavy (non-hydrogen) atoms. The Labute approximate surface area is 106 Å². The molecule has 0 fully saturated rings. The number of urea groups is 1. The Morgan fingerprint density at radius 2 is 2.17 bits per heavy atom. The van der Waals surface area contributed by atoms with Crippen molar-refractivity contribution >= 4 is 11.9 Å². The maximum atomic E-state index is 11.4. The van der Waals surface area contributed by atoms with Crippen molar-refractivity contribution in [2.45, 2.75) is 38.8 Å². The smallest absolute Gasteiger partial charge is 0.318 e. The molecule has 6 nitrogen and oxygen atoms in total. The second-order valence-electron chi connectivity index (χ2n) is 4.26. The molecule has 1 rings (SSSR count). The molecule has 2 unspecified atom stereocenters. The maximum absolute atomic E-state index is 11.4. The van der Waals surface area contributed by atoms with Crippen molar-refractivity contribution in [1.29, 1.82) is 0 Å². The molecule has 3 amide bonds. The monoisotopic (exact) mass is 253 g/mol. The molecule has 6 heteroatoms. The van der Waals surface area contributed by atoms with Crippen LogP contribution in [0.3, 0.4) is 0 Å². The zero-order valence-corrected chi connectivity index (χ0v) is 10.6. The quantitative estimate of drug-likeness (QED) is 0.697. The Bertz CT molecular complexity index is 389. The van der Waals surface area contributed by atoms with Crippen molar-refractivity contribution in [1.82, 2.24) is 10.6 Å². The highest BCUT2D eigenvalue weighted by molar-refractivity contribution is 5.96. The molecule has 0 aliphatic carbocycles. The lowest BCUT2D eigenvalue weighted by Crippen LogP contribution is -2.48. The molecule has 0 aliphatic heterocycles. The summed E-state index contributed by atoms with van der Waals surface area (Å²) < 4.78 is 5.22. The first-order chi connectivity index (χ1) is 8.49. The van der Waals surface area contributed by atoms with E-state index >= 15 is 0 Å². The van der Waals surface area contributed by atoms with Crippen LogP contribution in [0.25, 0.3) is 0 Å². The van der Waals surface area contributed by atoms with Crippen LogP contribution in [0.4, 0.5) is 4.79 Å². The maximum Gasteiger partial charge on any atom is 0.318 e. The second-order valence-corrected chi connectivity index (χ2v) is 4.26. The molecular formula is C12H19N3O3. The van der Waals surface area contributed by atoms with Crippen molar-refractivity contribution in [2.75, 3.05) is 0 Å². The number of nitrogens with one attached hydrogen (secondary N) is 2. The molecule has 1 aromatic rings. The number of carbonyl (C=O) groups is 2. The van der Waals surface area contributed by atoms with Crippen LogP contribution >= 0.6 is 0 Å².